The van der Waals surface area contributed by atoms with E-state index in [4.69, 9.17) is 9.97 Å². The van der Waals surface area contributed by atoms with Crippen molar-refractivity contribution < 1.29 is 0 Å². The quantitative estimate of drug-likeness (QED) is 0.177. The molecule has 2 heterocycles. The molecular formula is C60H36N2S. The number of nitrogens with zero attached hydrogens (tertiary/aromatic N) is 2. The average molecular weight is 817 g/mol. The van der Waals surface area contributed by atoms with Gasteiger partial charge in [0.2, 0.25) is 0 Å². The lowest BCUT2D eigenvalue weighted by Crippen LogP contribution is -2.43. The van der Waals surface area contributed by atoms with Crippen LogP contribution >= 0.6 is 11.3 Å². The van der Waals surface area contributed by atoms with E-state index in [0.717, 1.165) is 28.1 Å². The van der Waals surface area contributed by atoms with Crippen molar-refractivity contribution in [3.05, 3.63) is 263 Å². The van der Waals surface area contributed by atoms with Crippen molar-refractivity contribution in [3.63, 3.8) is 0 Å². The summed E-state index contributed by atoms with van der Waals surface area (Å²) in [5.74, 6) is 0.712. The van der Waals surface area contributed by atoms with Crippen LogP contribution in [-0.4, -0.2) is 9.97 Å². The normalized spacial score (nSPS) is 14.3. The summed E-state index contributed by atoms with van der Waals surface area (Å²) >= 11 is 1.92. The van der Waals surface area contributed by atoms with Gasteiger partial charge < -0.3 is 0 Å². The smallest absolute Gasteiger partial charge is 0.160 e. The van der Waals surface area contributed by atoms with Crippen molar-refractivity contribution in [2.45, 2.75) is 10.8 Å². The SMILES string of the molecule is c1ccc(-c2cc(-c3ccccc3)nc(-c3ccc4c(c3)C3(c5ccccc5C5(c6ccccc6-c6ccccc65)c5ccccc53)c3ccc5c(sc6ccccc65)c3-4)n2)cc1. The molecule has 0 saturated carbocycles. The van der Waals surface area contributed by atoms with Gasteiger partial charge >= 0.3 is 0 Å². The molecule has 0 fully saturated rings. The number of benzene rings is 9. The molecule has 0 bridgehead atoms. The third-order valence-corrected chi connectivity index (χ3v) is 15.4. The second-order valence-electron chi connectivity index (χ2n) is 17.1. The summed E-state index contributed by atoms with van der Waals surface area (Å²) in [7, 11) is 0. The van der Waals surface area contributed by atoms with Gasteiger partial charge in [0.1, 0.15) is 0 Å². The lowest BCUT2D eigenvalue weighted by molar-refractivity contribution is 0.633. The Kier molecular flexibility index (Phi) is 7.15. The first-order chi connectivity index (χ1) is 31.2. The fourth-order valence-electron chi connectivity index (χ4n) is 11.8. The number of hydrogen-bond donors (Lipinski definition) is 0. The van der Waals surface area contributed by atoms with Gasteiger partial charge in [0.05, 0.1) is 22.2 Å². The molecule has 0 atom stereocenters. The van der Waals surface area contributed by atoms with E-state index in [9.17, 15) is 0 Å². The zero-order valence-electron chi connectivity index (χ0n) is 34.1. The Bertz CT molecular complexity index is 3540. The molecule has 0 N–H and O–H groups in total. The van der Waals surface area contributed by atoms with Crippen molar-refractivity contribution in [1.82, 2.24) is 9.97 Å². The van der Waals surface area contributed by atoms with Crippen molar-refractivity contribution >= 4 is 31.5 Å². The van der Waals surface area contributed by atoms with Crippen molar-refractivity contribution in [3.8, 4) is 56.2 Å². The van der Waals surface area contributed by atoms with Crippen LogP contribution in [0.15, 0.2) is 218 Å². The van der Waals surface area contributed by atoms with E-state index in [-0.39, 0.29) is 0 Å². The largest absolute Gasteiger partial charge is 0.228 e. The zero-order chi connectivity index (χ0) is 41.3. The van der Waals surface area contributed by atoms with Gasteiger partial charge in [-0.3, -0.25) is 0 Å². The van der Waals surface area contributed by atoms with Gasteiger partial charge in [-0.1, -0.05) is 200 Å². The third-order valence-electron chi connectivity index (χ3n) is 14.2. The summed E-state index contributed by atoms with van der Waals surface area (Å²) in [6.45, 7) is 0. The topological polar surface area (TPSA) is 25.8 Å². The van der Waals surface area contributed by atoms with E-state index < -0.39 is 10.8 Å². The Labute approximate surface area is 369 Å². The van der Waals surface area contributed by atoms with Crippen LogP contribution in [-0.2, 0) is 10.8 Å². The summed E-state index contributed by atoms with van der Waals surface area (Å²) < 4.78 is 2.64. The predicted octanol–water partition coefficient (Wildman–Crippen LogP) is 14.9. The number of thiophene rings is 1. The minimum atomic E-state index is -0.644. The Morgan fingerprint density at radius 2 is 0.810 bits per heavy atom. The van der Waals surface area contributed by atoms with E-state index in [1.165, 1.54) is 86.9 Å². The molecule has 0 radical (unpaired) electrons. The molecule has 0 aliphatic heterocycles. The Morgan fingerprint density at radius 1 is 0.317 bits per heavy atom. The molecule has 292 valence electrons. The fraction of sp³-hybridized carbons (Fsp3) is 0.0333. The van der Waals surface area contributed by atoms with Gasteiger partial charge in [-0.05, 0) is 79.4 Å². The van der Waals surface area contributed by atoms with Crippen LogP contribution in [0.2, 0.25) is 0 Å². The molecule has 0 saturated heterocycles. The summed E-state index contributed by atoms with van der Waals surface area (Å²) in [6, 6.07) is 80.8. The van der Waals surface area contributed by atoms with Gasteiger partial charge in [0.25, 0.3) is 0 Å². The first-order valence-corrected chi connectivity index (χ1v) is 22.6. The monoisotopic (exact) mass is 816 g/mol. The van der Waals surface area contributed by atoms with Crippen LogP contribution in [0, 0.1) is 0 Å². The van der Waals surface area contributed by atoms with E-state index in [0.29, 0.717) is 5.82 Å². The Hall–Kier alpha value is -7.72. The van der Waals surface area contributed by atoms with Crippen LogP contribution in [0.4, 0.5) is 0 Å². The Balaban J connectivity index is 1.12. The van der Waals surface area contributed by atoms with Crippen LogP contribution in [0.25, 0.3) is 76.3 Å². The number of hydrogen-bond acceptors (Lipinski definition) is 3. The zero-order valence-corrected chi connectivity index (χ0v) is 34.9. The highest BCUT2D eigenvalue weighted by atomic mass is 32.1. The summed E-state index contributed by atoms with van der Waals surface area (Å²) in [6.07, 6.45) is 0. The van der Waals surface area contributed by atoms with Crippen LogP contribution in [0.3, 0.4) is 0 Å². The van der Waals surface area contributed by atoms with E-state index in [1.54, 1.807) is 0 Å². The summed E-state index contributed by atoms with van der Waals surface area (Å²) in [5.41, 5.74) is 19.5. The van der Waals surface area contributed by atoms with Crippen molar-refractivity contribution in [2.24, 2.45) is 0 Å². The second kappa shape index (κ2) is 12.9. The lowest BCUT2D eigenvalue weighted by Gasteiger charge is -2.48. The van der Waals surface area contributed by atoms with Crippen molar-refractivity contribution in [1.29, 1.82) is 0 Å². The predicted molar refractivity (Wildman–Crippen MR) is 259 cm³/mol. The fourth-order valence-corrected chi connectivity index (χ4v) is 13.0. The molecule has 14 rings (SSSR count). The molecule has 0 unspecified atom stereocenters. The molecule has 9 aromatic carbocycles. The molecule has 0 amide bonds. The van der Waals surface area contributed by atoms with Crippen LogP contribution in [0.1, 0.15) is 44.5 Å². The van der Waals surface area contributed by atoms with Gasteiger partial charge in [-0.2, -0.15) is 0 Å². The number of fused-ring (bicyclic) bond motifs is 20. The molecule has 3 aliphatic rings. The maximum Gasteiger partial charge on any atom is 0.160 e. The maximum atomic E-state index is 5.37. The highest BCUT2D eigenvalue weighted by Gasteiger charge is 2.59. The standard InChI is InChI=1S/C60H36N2S/c1-3-17-37(18-4-1)53-36-54(38-19-5-2-6-20-38)62-58(61-53)39-31-32-44-52(35-39)60(51-34-33-43-42-23-9-16-30-55(42)63-57(43)56(44)51)49-28-14-12-26-47(49)59(48-27-13-15-29-50(48)60)45-24-10-7-21-40(45)41-22-8-11-25-46(41)59/h1-36H. The molecule has 2 nitrogen and oxygen atoms in total. The summed E-state index contributed by atoms with van der Waals surface area (Å²) in [5, 5.41) is 2.61. The van der Waals surface area contributed by atoms with Gasteiger partial charge in [-0.15, -0.1) is 11.3 Å². The molecule has 63 heavy (non-hydrogen) atoms. The third kappa shape index (κ3) is 4.51. The molecular weight excluding hydrogens is 781 g/mol. The lowest BCUT2D eigenvalue weighted by atomic mass is 9.52. The van der Waals surface area contributed by atoms with Crippen LogP contribution < -0.4 is 0 Å². The maximum absolute atomic E-state index is 5.37. The average Bonchev–Trinajstić information content (AvgIpc) is 3.99. The van der Waals surface area contributed by atoms with Crippen LogP contribution in [0.5, 0.6) is 0 Å². The highest BCUT2D eigenvalue weighted by molar-refractivity contribution is 7.26. The second-order valence-corrected chi connectivity index (χ2v) is 18.2. The molecule has 2 spiro atoms. The van der Waals surface area contributed by atoms with E-state index in [2.05, 4.69) is 218 Å². The number of aromatic nitrogens is 2. The van der Waals surface area contributed by atoms with E-state index in [1.807, 2.05) is 11.3 Å². The minimum Gasteiger partial charge on any atom is -0.228 e. The molecule has 3 aliphatic carbocycles. The van der Waals surface area contributed by atoms with Gasteiger partial charge in [0, 0.05) is 42.4 Å². The summed E-state index contributed by atoms with van der Waals surface area (Å²) in [4.78, 5) is 10.7. The van der Waals surface area contributed by atoms with E-state index >= 15 is 0 Å². The molecule has 2 aromatic heterocycles. The minimum absolute atomic E-state index is 0.508. The number of rotatable bonds is 3. The first kappa shape index (κ1) is 34.9. The molecule has 3 heteroatoms. The van der Waals surface area contributed by atoms with Crippen molar-refractivity contribution in [2.75, 3.05) is 0 Å². The first-order valence-electron chi connectivity index (χ1n) is 21.7. The Morgan fingerprint density at radius 3 is 1.40 bits per heavy atom. The molecule has 11 aromatic rings. The van der Waals surface area contributed by atoms with Gasteiger partial charge in [0.15, 0.2) is 5.82 Å². The highest BCUT2D eigenvalue weighted by Crippen LogP contribution is 2.68. The van der Waals surface area contributed by atoms with Gasteiger partial charge in [-0.25, -0.2) is 9.97 Å².